The number of anilines is 1. The van der Waals surface area contributed by atoms with E-state index >= 15 is 0 Å². The first-order chi connectivity index (χ1) is 14.8. The van der Waals surface area contributed by atoms with Gasteiger partial charge < -0.3 is 5.32 Å². The maximum atomic E-state index is 13.9. The zero-order valence-electron chi connectivity index (χ0n) is 17.4. The third kappa shape index (κ3) is 5.92. The normalized spacial score (nSPS) is 12.2. The van der Waals surface area contributed by atoms with E-state index in [9.17, 15) is 17.6 Å². The molecule has 1 atom stereocenters. The fourth-order valence-corrected chi connectivity index (χ4v) is 4.26. The molecular formula is C24H25FN2O3S. The number of hydrogen-bond donors (Lipinski definition) is 2. The number of amides is 1. The van der Waals surface area contributed by atoms with Gasteiger partial charge in [-0.15, -0.1) is 0 Å². The molecular weight excluding hydrogens is 415 g/mol. The van der Waals surface area contributed by atoms with Crippen LogP contribution in [0.5, 0.6) is 0 Å². The number of aryl methyl sites for hydroxylation is 2. The summed E-state index contributed by atoms with van der Waals surface area (Å²) in [5.74, 6) is -1.02. The number of carbonyl (C=O) groups excluding carboxylic acids is 1. The van der Waals surface area contributed by atoms with Crippen molar-refractivity contribution in [3.63, 3.8) is 0 Å². The summed E-state index contributed by atoms with van der Waals surface area (Å²) in [5, 5.41) is 2.93. The van der Waals surface area contributed by atoms with Gasteiger partial charge in [-0.2, -0.15) is 0 Å². The number of halogens is 1. The van der Waals surface area contributed by atoms with Crippen molar-refractivity contribution in [2.45, 2.75) is 37.6 Å². The molecule has 31 heavy (non-hydrogen) atoms. The van der Waals surface area contributed by atoms with Crippen molar-refractivity contribution in [3.05, 3.63) is 95.3 Å². The number of rotatable bonds is 8. The molecule has 0 aliphatic heterocycles. The highest BCUT2D eigenvalue weighted by Gasteiger charge is 2.20. The lowest BCUT2D eigenvalue weighted by atomic mass is 10.0. The highest BCUT2D eigenvalue weighted by molar-refractivity contribution is 7.92. The van der Waals surface area contributed by atoms with Crippen LogP contribution in [0, 0.1) is 12.7 Å². The van der Waals surface area contributed by atoms with Gasteiger partial charge in [0.05, 0.1) is 10.6 Å². The molecule has 0 bridgehead atoms. The Morgan fingerprint density at radius 3 is 2.39 bits per heavy atom. The first kappa shape index (κ1) is 22.5. The Morgan fingerprint density at radius 2 is 1.68 bits per heavy atom. The monoisotopic (exact) mass is 440 g/mol. The highest BCUT2D eigenvalue weighted by atomic mass is 32.2. The van der Waals surface area contributed by atoms with Gasteiger partial charge in [-0.25, -0.2) is 12.8 Å². The zero-order chi connectivity index (χ0) is 22.4. The first-order valence-corrected chi connectivity index (χ1v) is 11.5. The second-order valence-electron chi connectivity index (χ2n) is 7.46. The van der Waals surface area contributed by atoms with Crippen molar-refractivity contribution in [2.75, 3.05) is 4.72 Å². The SMILES string of the molecule is Cc1ccc(S(=O)(=O)Nc2ccccc2F)cc1C(=O)NC(C)CCc1ccccc1. The maximum absolute atomic E-state index is 13.9. The Morgan fingerprint density at radius 1 is 1.00 bits per heavy atom. The van der Waals surface area contributed by atoms with Gasteiger partial charge in [0.2, 0.25) is 0 Å². The Bertz CT molecular complexity index is 1160. The Hall–Kier alpha value is -3.19. The lowest BCUT2D eigenvalue weighted by Gasteiger charge is -2.16. The number of sulfonamides is 1. The standard InChI is InChI=1S/C24H25FN2O3S/c1-17-12-15-20(31(29,30)27-23-11-7-6-10-22(23)25)16-21(17)24(28)26-18(2)13-14-19-8-4-3-5-9-19/h3-12,15-16,18,27H,13-14H2,1-2H3,(H,26,28). The van der Waals surface area contributed by atoms with E-state index < -0.39 is 15.8 Å². The summed E-state index contributed by atoms with van der Waals surface area (Å²) in [4.78, 5) is 12.7. The van der Waals surface area contributed by atoms with E-state index in [-0.39, 0.29) is 28.1 Å². The summed E-state index contributed by atoms with van der Waals surface area (Å²) < 4.78 is 41.5. The fourth-order valence-electron chi connectivity index (χ4n) is 3.16. The van der Waals surface area contributed by atoms with Crippen LogP contribution in [0.4, 0.5) is 10.1 Å². The van der Waals surface area contributed by atoms with Crippen LogP contribution in [0.2, 0.25) is 0 Å². The van der Waals surface area contributed by atoms with Gasteiger partial charge in [-0.05, 0) is 62.1 Å². The molecule has 0 radical (unpaired) electrons. The Kier molecular flexibility index (Phi) is 7.07. The van der Waals surface area contributed by atoms with Crippen molar-refractivity contribution in [1.82, 2.24) is 5.32 Å². The molecule has 0 saturated carbocycles. The van der Waals surface area contributed by atoms with Crippen LogP contribution >= 0.6 is 0 Å². The second kappa shape index (κ2) is 9.75. The molecule has 2 N–H and O–H groups in total. The molecule has 0 spiro atoms. The summed E-state index contributed by atoms with van der Waals surface area (Å²) in [5.41, 5.74) is 1.95. The van der Waals surface area contributed by atoms with Crippen LogP contribution in [0.3, 0.4) is 0 Å². The summed E-state index contributed by atoms with van der Waals surface area (Å²) in [6.07, 6.45) is 1.57. The number of benzene rings is 3. The maximum Gasteiger partial charge on any atom is 0.262 e. The molecule has 3 aromatic rings. The average molecular weight is 441 g/mol. The minimum absolute atomic E-state index is 0.0936. The van der Waals surface area contributed by atoms with E-state index in [0.29, 0.717) is 5.56 Å². The van der Waals surface area contributed by atoms with Crippen LogP contribution in [0.15, 0.2) is 77.7 Å². The quantitative estimate of drug-likeness (QED) is 0.534. The molecule has 0 aliphatic rings. The van der Waals surface area contributed by atoms with Crippen LogP contribution in [0.1, 0.15) is 34.8 Å². The summed E-state index contributed by atoms with van der Waals surface area (Å²) >= 11 is 0. The van der Waals surface area contributed by atoms with Crippen LogP contribution in [-0.4, -0.2) is 20.4 Å². The molecule has 0 aliphatic carbocycles. The van der Waals surface area contributed by atoms with Gasteiger partial charge >= 0.3 is 0 Å². The van der Waals surface area contributed by atoms with E-state index in [4.69, 9.17) is 0 Å². The van der Waals surface area contributed by atoms with Crippen molar-refractivity contribution in [3.8, 4) is 0 Å². The van der Waals surface area contributed by atoms with E-state index in [0.717, 1.165) is 12.8 Å². The summed E-state index contributed by atoms with van der Waals surface area (Å²) in [7, 11) is -4.05. The molecule has 1 unspecified atom stereocenters. The number of para-hydroxylation sites is 1. The summed E-state index contributed by atoms with van der Waals surface area (Å²) in [6.45, 7) is 3.65. The lowest BCUT2D eigenvalue weighted by molar-refractivity contribution is 0.0937. The van der Waals surface area contributed by atoms with E-state index in [1.807, 2.05) is 37.3 Å². The van der Waals surface area contributed by atoms with Gasteiger partial charge in [-0.1, -0.05) is 48.5 Å². The van der Waals surface area contributed by atoms with Crippen molar-refractivity contribution >= 4 is 21.6 Å². The lowest BCUT2D eigenvalue weighted by Crippen LogP contribution is -2.33. The number of nitrogens with one attached hydrogen (secondary N) is 2. The molecule has 0 aromatic heterocycles. The topological polar surface area (TPSA) is 75.3 Å². The van der Waals surface area contributed by atoms with Crippen LogP contribution in [0.25, 0.3) is 0 Å². The average Bonchev–Trinajstić information content (AvgIpc) is 2.74. The van der Waals surface area contributed by atoms with E-state index in [1.54, 1.807) is 13.0 Å². The van der Waals surface area contributed by atoms with E-state index in [1.165, 1.54) is 42.0 Å². The van der Waals surface area contributed by atoms with Gasteiger partial charge in [0, 0.05) is 11.6 Å². The molecule has 3 rings (SSSR count). The predicted octanol–water partition coefficient (Wildman–Crippen LogP) is 4.69. The molecule has 0 fully saturated rings. The van der Waals surface area contributed by atoms with Gasteiger partial charge in [0.25, 0.3) is 15.9 Å². The number of hydrogen-bond acceptors (Lipinski definition) is 3. The first-order valence-electron chi connectivity index (χ1n) is 9.99. The molecule has 7 heteroatoms. The van der Waals surface area contributed by atoms with Gasteiger partial charge in [0.1, 0.15) is 5.82 Å². The fraction of sp³-hybridized carbons (Fsp3) is 0.208. The minimum Gasteiger partial charge on any atom is -0.350 e. The third-order valence-corrected chi connectivity index (χ3v) is 6.33. The largest absolute Gasteiger partial charge is 0.350 e. The molecule has 3 aromatic carbocycles. The zero-order valence-corrected chi connectivity index (χ0v) is 18.2. The molecule has 0 heterocycles. The molecule has 1 amide bonds. The van der Waals surface area contributed by atoms with Crippen molar-refractivity contribution in [2.24, 2.45) is 0 Å². The van der Waals surface area contributed by atoms with Crippen molar-refractivity contribution < 1.29 is 17.6 Å². The summed E-state index contributed by atoms with van der Waals surface area (Å²) in [6, 6.07) is 19.7. The molecule has 0 saturated heterocycles. The van der Waals surface area contributed by atoms with Crippen molar-refractivity contribution in [1.29, 1.82) is 0 Å². The predicted molar refractivity (Wildman–Crippen MR) is 120 cm³/mol. The Balaban J connectivity index is 1.72. The highest BCUT2D eigenvalue weighted by Crippen LogP contribution is 2.21. The van der Waals surface area contributed by atoms with Gasteiger partial charge in [0.15, 0.2) is 0 Å². The third-order valence-electron chi connectivity index (χ3n) is 4.97. The minimum atomic E-state index is -4.05. The van der Waals surface area contributed by atoms with E-state index in [2.05, 4.69) is 10.0 Å². The smallest absolute Gasteiger partial charge is 0.262 e. The second-order valence-corrected chi connectivity index (χ2v) is 9.14. The molecule has 162 valence electrons. The van der Waals surface area contributed by atoms with Crippen LogP contribution in [-0.2, 0) is 16.4 Å². The van der Waals surface area contributed by atoms with Gasteiger partial charge in [-0.3, -0.25) is 9.52 Å². The van der Waals surface area contributed by atoms with Crippen LogP contribution < -0.4 is 10.0 Å². The number of carbonyl (C=O) groups is 1. The molecule has 5 nitrogen and oxygen atoms in total. The Labute approximate surface area is 182 Å².